The van der Waals surface area contributed by atoms with Gasteiger partial charge in [0.1, 0.15) is 0 Å². The molecule has 0 unspecified atom stereocenters. The van der Waals surface area contributed by atoms with Gasteiger partial charge in [-0.2, -0.15) is 0 Å². The number of hydrogen-bond donors (Lipinski definition) is 3. The van der Waals surface area contributed by atoms with Gasteiger partial charge in [0.25, 0.3) is 0 Å². The van der Waals surface area contributed by atoms with Crippen LogP contribution < -0.4 is 11.1 Å². The average Bonchev–Trinajstić information content (AvgIpc) is 2.31. The van der Waals surface area contributed by atoms with Crippen molar-refractivity contribution in [3.05, 3.63) is 0 Å². The summed E-state index contributed by atoms with van der Waals surface area (Å²) in [4.78, 5) is 0. The highest BCUT2D eigenvalue weighted by Crippen LogP contribution is 2.26. The van der Waals surface area contributed by atoms with Gasteiger partial charge in [-0.15, -0.1) is 0 Å². The standard InChI is InChI=1S/C10H22N2O/c11-7-8-12-9-10(13)5-3-1-2-4-6-10/h12-13H,1-9,11H2. The normalized spacial score (nSPS) is 22.6. The Labute approximate surface area is 80.7 Å². The maximum absolute atomic E-state index is 10.2. The minimum atomic E-state index is -0.453. The molecule has 0 aromatic rings. The van der Waals surface area contributed by atoms with Crippen LogP contribution in [-0.4, -0.2) is 30.3 Å². The lowest BCUT2D eigenvalue weighted by atomic mass is 9.94. The second-order valence-corrected chi connectivity index (χ2v) is 4.10. The molecule has 3 nitrogen and oxygen atoms in total. The molecule has 0 heterocycles. The highest BCUT2D eigenvalue weighted by Gasteiger charge is 2.26. The Kier molecular flexibility index (Phi) is 4.70. The molecule has 0 bridgehead atoms. The third-order valence-corrected chi connectivity index (χ3v) is 2.81. The van der Waals surface area contributed by atoms with Crippen LogP contribution in [0.15, 0.2) is 0 Å². The smallest absolute Gasteiger partial charge is 0.0771 e. The highest BCUT2D eigenvalue weighted by atomic mass is 16.3. The summed E-state index contributed by atoms with van der Waals surface area (Å²) >= 11 is 0. The molecule has 0 saturated heterocycles. The molecule has 0 spiro atoms. The largest absolute Gasteiger partial charge is 0.389 e. The fourth-order valence-corrected chi connectivity index (χ4v) is 1.99. The molecular formula is C10H22N2O. The van der Waals surface area contributed by atoms with E-state index in [-0.39, 0.29) is 0 Å². The van der Waals surface area contributed by atoms with Crippen LogP contribution in [0.4, 0.5) is 0 Å². The zero-order valence-corrected chi connectivity index (χ0v) is 8.39. The summed E-state index contributed by atoms with van der Waals surface area (Å²) in [6, 6.07) is 0. The van der Waals surface area contributed by atoms with Crippen LogP contribution >= 0.6 is 0 Å². The highest BCUT2D eigenvalue weighted by molar-refractivity contribution is 4.83. The molecule has 1 rings (SSSR count). The van der Waals surface area contributed by atoms with Crippen LogP contribution in [0.2, 0.25) is 0 Å². The molecule has 0 aromatic heterocycles. The maximum Gasteiger partial charge on any atom is 0.0771 e. The lowest BCUT2D eigenvalue weighted by molar-refractivity contribution is 0.0257. The van der Waals surface area contributed by atoms with E-state index < -0.39 is 5.60 Å². The Morgan fingerprint density at radius 2 is 1.77 bits per heavy atom. The van der Waals surface area contributed by atoms with E-state index in [4.69, 9.17) is 5.73 Å². The molecule has 0 atom stereocenters. The summed E-state index contributed by atoms with van der Waals surface area (Å²) in [6.45, 7) is 2.17. The lowest BCUT2D eigenvalue weighted by Crippen LogP contribution is -2.41. The van der Waals surface area contributed by atoms with E-state index in [1.54, 1.807) is 0 Å². The van der Waals surface area contributed by atoms with Crippen LogP contribution in [0.1, 0.15) is 38.5 Å². The summed E-state index contributed by atoms with van der Waals surface area (Å²) in [7, 11) is 0. The molecule has 4 N–H and O–H groups in total. The van der Waals surface area contributed by atoms with Gasteiger partial charge in [0.15, 0.2) is 0 Å². The number of nitrogens with one attached hydrogen (secondary N) is 1. The molecule has 3 heteroatoms. The van der Waals surface area contributed by atoms with E-state index in [2.05, 4.69) is 5.32 Å². The number of rotatable bonds is 4. The second-order valence-electron chi connectivity index (χ2n) is 4.10. The minimum absolute atomic E-state index is 0.453. The Balaban J connectivity index is 2.25. The van der Waals surface area contributed by atoms with E-state index in [9.17, 15) is 5.11 Å². The van der Waals surface area contributed by atoms with Gasteiger partial charge in [0.05, 0.1) is 5.60 Å². The first-order valence-corrected chi connectivity index (χ1v) is 5.40. The van der Waals surface area contributed by atoms with Crippen LogP contribution in [0.5, 0.6) is 0 Å². The number of aliphatic hydroxyl groups is 1. The molecule has 1 fully saturated rings. The molecule has 1 saturated carbocycles. The summed E-state index contributed by atoms with van der Waals surface area (Å²) in [5.74, 6) is 0. The Morgan fingerprint density at radius 1 is 1.15 bits per heavy atom. The van der Waals surface area contributed by atoms with E-state index >= 15 is 0 Å². The topological polar surface area (TPSA) is 58.3 Å². The molecule has 1 aliphatic carbocycles. The molecule has 0 aliphatic heterocycles. The van der Waals surface area contributed by atoms with Gasteiger partial charge in [-0.1, -0.05) is 25.7 Å². The third kappa shape index (κ3) is 4.07. The molecule has 0 amide bonds. The fourth-order valence-electron chi connectivity index (χ4n) is 1.99. The van der Waals surface area contributed by atoms with Gasteiger partial charge in [0.2, 0.25) is 0 Å². The Hall–Kier alpha value is -0.120. The van der Waals surface area contributed by atoms with E-state index in [1.165, 1.54) is 25.7 Å². The molecule has 13 heavy (non-hydrogen) atoms. The van der Waals surface area contributed by atoms with Crippen molar-refractivity contribution in [1.82, 2.24) is 5.32 Å². The monoisotopic (exact) mass is 186 g/mol. The fraction of sp³-hybridized carbons (Fsp3) is 1.00. The van der Waals surface area contributed by atoms with Gasteiger partial charge in [-0.25, -0.2) is 0 Å². The van der Waals surface area contributed by atoms with Crippen molar-refractivity contribution in [2.45, 2.75) is 44.1 Å². The van der Waals surface area contributed by atoms with Crippen molar-refractivity contribution in [1.29, 1.82) is 0 Å². The molecular weight excluding hydrogens is 164 g/mol. The Bertz CT molecular complexity index is 131. The first kappa shape index (κ1) is 11.0. The first-order valence-electron chi connectivity index (χ1n) is 5.40. The van der Waals surface area contributed by atoms with Crippen molar-refractivity contribution < 1.29 is 5.11 Å². The zero-order chi connectivity index (χ0) is 9.57. The number of nitrogens with two attached hydrogens (primary N) is 1. The van der Waals surface area contributed by atoms with Gasteiger partial charge < -0.3 is 16.2 Å². The van der Waals surface area contributed by atoms with Crippen LogP contribution in [-0.2, 0) is 0 Å². The predicted molar refractivity (Wildman–Crippen MR) is 54.6 cm³/mol. The quantitative estimate of drug-likeness (QED) is 0.445. The van der Waals surface area contributed by atoms with Crippen molar-refractivity contribution in [3.63, 3.8) is 0 Å². The van der Waals surface area contributed by atoms with Crippen LogP contribution in [0.3, 0.4) is 0 Å². The van der Waals surface area contributed by atoms with Gasteiger partial charge >= 0.3 is 0 Å². The van der Waals surface area contributed by atoms with Crippen LogP contribution in [0.25, 0.3) is 0 Å². The zero-order valence-electron chi connectivity index (χ0n) is 8.39. The van der Waals surface area contributed by atoms with Gasteiger partial charge in [0, 0.05) is 19.6 Å². The average molecular weight is 186 g/mol. The van der Waals surface area contributed by atoms with Gasteiger partial charge in [-0.3, -0.25) is 0 Å². The van der Waals surface area contributed by atoms with E-state index in [0.717, 1.165) is 19.4 Å². The number of hydrogen-bond acceptors (Lipinski definition) is 3. The summed E-state index contributed by atoms with van der Waals surface area (Å²) in [5.41, 5.74) is 4.92. The van der Waals surface area contributed by atoms with Gasteiger partial charge in [-0.05, 0) is 12.8 Å². The summed E-state index contributed by atoms with van der Waals surface area (Å²) < 4.78 is 0. The first-order chi connectivity index (χ1) is 6.27. The predicted octanol–water partition coefficient (Wildman–Crippen LogP) is 0.620. The SMILES string of the molecule is NCCNCC1(O)CCCCCC1. The summed E-state index contributed by atoms with van der Waals surface area (Å²) in [6.07, 6.45) is 6.79. The lowest BCUT2D eigenvalue weighted by Gasteiger charge is -2.26. The van der Waals surface area contributed by atoms with E-state index in [1.807, 2.05) is 0 Å². The summed E-state index contributed by atoms with van der Waals surface area (Å²) in [5, 5.41) is 13.4. The third-order valence-electron chi connectivity index (χ3n) is 2.81. The van der Waals surface area contributed by atoms with Crippen molar-refractivity contribution in [3.8, 4) is 0 Å². The van der Waals surface area contributed by atoms with Crippen molar-refractivity contribution >= 4 is 0 Å². The van der Waals surface area contributed by atoms with E-state index in [0.29, 0.717) is 13.1 Å². The molecule has 0 radical (unpaired) electrons. The minimum Gasteiger partial charge on any atom is -0.389 e. The Morgan fingerprint density at radius 3 is 2.31 bits per heavy atom. The van der Waals surface area contributed by atoms with Crippen LogP contribution in [0, 0.1) is 0 Å². The molecule has 1 aliphatic rings. The second kappa shape index (κ2) is 5.58. The van der Waals surface area contributed by atoms with Crippen molar-refractivity contribution in [2.24, 2.45) is 5.73 Å². The molecule has 0 aromatic carbocycles. The molecule has 78 valence electrons. The maximum atomic E-state index is 10.2. The van der Waals surface area contributed by atoms with Crippen molar-refractivity contribution in [2.75, 3.05) is 19.6 Å².